The lowest BCUT2D eigenvalue weighted by Crippen LogP contribution is -2.53. The van der Waals surface area contributed by atoms with E-state index in [2.05, 4.69) is 5.32 Å². The third-order valence-corrected chi connectivity index (χ3v) is 8.17. The van der Waals surface area contributed by atoms with Crippen molar-refractivity contribution in [3.8, 4) is 0 Å². The minimum Gasteiger partial charge on any atom is -0.352 e. The van der Waals surface area contributed by atoms with Crippen LogP contribution in [-0.2, 0) is 26.2 Å². The average molecular weight is 575 g/mol. The van der Waals surface area contributed by atoms with Crippen molar-refractivity contribution in [3.63, 3.8) is 0 Å². The molecule has 1 aliphatic carbocycles. The lowest BCUT2D eigenvalue weighted by molar-refractivity contribution is -0.139. The number of nitrogens with zero attached hydrogens (tertiary/aromatic N) is 2. The lowest BCUT2D eigenvalue weighted by atomic mass is 9.95. The molecule has 1 N–H and O–H groups in total. The highest BCUT2D eigenvalue weighted by Gasteiger charge is 2.31. The summed E-state index contributed by atoms with van der Waals surface area (Å²) >= 11 is 18.3. The van der Waals surface area contributed by atoms with Gasteiger partial charge in [0.15, 0.2) is 0 Å². The van der Waals surface area contributed by atoms with Crippen LogP contribution in [0, 0.1) is 0 Å². The summed E-state index contributed by atoms with van der Waals surface area (Å²) in [6.07, 6.45) is 6.04. The fourth-order valence-electron chi connectivity index (χ4n) is 4.21. The van der Waals surface area contributed by atoms with Gasteiger partial charge in [-0.15, -0.1) is 0 Å². The molecule has 0 saturated heterocycles. The molecule has 1 atom stereocenters. The molecular weight excluding hydrogens is 545 g/mol. The first-order valence-electron chi connectivity index (χ1n) is 11.7. The zero-order valence-electron chi connectivity index (χ0n) is 20.2. The number of carbonyl (C=O) groups excluding carboxylic acids is 2. The van der Waals surface area contributed by atoms with Crippen LogP contribution in [0.15, 0.2) is 42.5 Å². The molecule has 1 unspecified atom stereocenters. The fourth-order valence-corrected chi connectivity index (χ4v) is 5.62. The summed E-state index contributed by atoms with van der Waals surface area (Å²) in [5.74, 6) is -0.839. The molecule has 0 radical (unpaired) electrons. The van der Waals surface area contributed by atoms with E-state index in [-0.39, 0.29) is 34.2 Å². The summed E-state index contributed by atoms with van der Waals surface area (Å²) in [5, 5.41) is 4.00. The number of hydrogen-bond acceptors (Lipinski definition) is 4. The Morgan fingerprint density at radius 2 is 1.61 bits per heavy atom. The quantitative estimate of drug-likeness (QED) is 0.442. The molecule has 196 valence electrons. The van der Waals surface area contributed by atoms with Gasteiger partial charge in [0.05, 0.1) is 17.0 Å². The summed E-state index contributed by atoms with van der Waals surface area (Å²) < 4.78 is 26.3. The Morgan fingerprint density at radius 3 is 2.22 bits per heavy atom. The van der Waals surface area contributed by atoms with Crippen molar-refractivity contribution < 1.29 is 18.0 Å². The summed E-state index contributed by atoms with van der Waals surface area (Å²) in [5.41, 5.74) is 0.836. The Morgan fingerprint density at radius 1 is 1.00 bits per heavy atom. The van der Waals surface area contributed by atoms with E-state index in [4.69, 9.17) is 34.8 Å². The molecule has 0 aromatic heterocycles. The Kier molecular flexibility index (Phi) is 9.92. The maximum Gasteiger partial charge on any atom is 0.244 e. The molecule has 1 aliphatic rings. The molecule has 1 saturated carbocycles. The second kappa shape index (κ2) is 12.5. The van der Waals surface area contributed by atoms with E-state index in [1.54, 1.807) is 31.2 Å². The number of sulfonamides is 1. The predicted octanol–water partition coefficient (Wildman–Crippen LogP) is 5.28. The van der Waals surface area contributed by atoms with Crippen molar-refractivity contribution in [2.45, 2.75) is 57.7 Å². The average Bonchev–Trinajstić information content (AvgIpc) is 2.83. The van der Waals surface area contributed by atoms with Gasteiger partial charge in [0.25, 0.3) is 0 Å². The van der Waals surface area contributed by atoms with E-state index >= 15 is 0 Å². The van der Waals surface area contributed by atoms with E-state index in [9.17, 15) is 18.0 Å². The van der Waals surface area contributed by atoms with Crippen LogP contribution in [0.3, 0.4) is 0 Å². The summed E-state index contributed by atoms with van der Waals surface area (Å²) in [7, 11) is -3.91. The molecule has 0 aliphatic heterocycles. The number of anilines is 1. The topological polar surface area (TPSA) is 86.8 Å². The summed E-state index contributed by atoms with van der Waals surface area (Å²) in [6.45, 7) is 1.19. The Bertz CT molecular complexity index is 1190. The lowest BCUT2D eigenvalue weighted by Gasteiger charge is -2.33. The smallest absolute Gasteiger partial charge is 0.244 e. The zero-order valence-corrected chi connectivity index (χ0v) is 23.3. The van der Waals surface area contributed by atoms with Crippen molar-refractivity contribution in [1.82, 2.24) is 10.2 Å². The van der Waals surface area contributed by atoms with Crippen molar-refractivity contribution in [3.05, 3.63) is 63.1 Å². The molecule has 7 nitrogen and oxygen atoms in total. The van der Waals surface area contributed by atoms with Crippen molar-refractivity contribution in [2.24, 2.45) is 0 Å². The Labute approximate surface area is 227 Å². The number of rotatable bonds is 9. The monoisotopic (exact) mass is 573 g/mol. The zero-order chi connectivity index (χ0) is 26.5. The molecule has 0 spiro atoms. The number of nitrogens with one attached hydrogen (secondary N) is 1. The Hall–Kier alpha value is -2.00. The number of hydrogen-bond donors (Lipinski definition) is 1. The molecule has 0 heterocycles. The van der Waals surface area contributed by atoms with Crippen LogP contribution in [0.4, 0.5) is 5.69 Å². The first-order chi connectivity index (χ1) is 17.0. The van der Waals surface area contributed by atoms with Gasteiger partial charge in [0.2, 0.25) is 21.8 Å². The van der Waals surface area contributed by atoms with Crippen LogP contribution < -0.4 is 9.62 Å². The largest absolute Gasteiger partial charge is 0.352 e. The normalized spacial score (nSPS) is 15.2. The van der Waals surface area contributed by atoms with Crippen LogP contribution in [0.2, 0.25) is 15.1 Å². The maximum atomic E-state index is 13.6. The first kappa shape index (κ1) is 28.6. The van der Waals surface area contributed by atoms with Crippen LogP contribution in [0.25, 0.3) is 0 Å². The molecule has 0 bridgehead atoms. The van der Waals surface area contributed by atoms with E-state index in [0.717, 1.165) is 48.2 Å². The molecule has 2 aromatic carbocycles. The van der Waals surface area contributed by atoms with E-state index in [1.165, 1.54) is 23.1 Å². The highest BCUT2D eigenvalue weighted by molar-refractivity contribution is 7.92. The number of halogens is 3. The molecule has 11 heteroatoms. The summed E-state index contributed by atoms with van der Waals surface area (Å²) in [4.78, 5) is 28.1. The van der Waals surface area contributed by atoms with Gasteiger partial charge in [-0.2, -0.15) is 0 Å². The van der Waals surface area contributed by atoms with Gasteiger partial charge >= 0.3 is 0 Å². The van der Waals surface area contributed by atoms with Crippen LogP contribution in [0.5, 0.6) is 0 Å². The SMILES string of the molecule is CC(C(=O)NC1CCCCC1)N(Cc1ccc(Cl)cc1)C(=O)CN(c1cc(Cl)ccc1Cl)S(C)(=O)=O. The molecular formula is C25H30Cl3N3O4S. The van der Waals surface area contributed by atoms with Gasteiger partial charge in [-0.25, -0.2) is 8.42 Å². The number of benzene rings is 2. The van der Waals surface area contributed by atoms with Crippen LogP contribution >= 0.6 is 34.8 Å². The van der Waals surface area contributed by atoms with Crippen molar-refractivity contribution >= 4 is 62.3 Å². The van der Waals surface area contributed by atoms with Gasteiger partial charge in [0, 0.05) is 22.6 Å². The molecule has 2 amide bonds. The maximum absolute atomic E-state index is 13.6. The Balaban J connectivity index is 1.89. The third-order valence-electron chi connectivity index (χ3n) is 6.24. The van der Waals surface area contributed by atoms with E-state index in [1.807, 2.05) is 0 Å². The summed E-state index contributed by atoms with van der Waals surface area (Å²) in [6, 6.07) is 10.5. The minimum absolute atomic E-state index is 0.0685. The molecule has 36 heavy (non-hydrogen) atoms. The third kappa shape index (κ3) is 7.75. The van der Waals surface area contributed by atoms with Gasteiger partial charge in [-0.1, -0.05) is 66.2 Å². The van der Waals surface area contributed by atoms with Gasteiger partial charge < -0.3 is 10.2 Å². The number of carbonyl (C=O) groups is 2. The van der Waals surface area contributed by atoms with Crippen molar-refractivity contribution in [1.29, 1.82) is 0 Å². The highest BCUT2D eigenvalue weighted by Crippen LogP contribution is 2.31. The molecule has 3 rings (SSSR count). The van der Waals surface area contributed by atoms with Crippen LogP contribution in [-0.4, -0.2) is 50.0 Å². The second-order valence-electron chi connectivity index (χ2n) is 9.03. The van der Waals surface area contributed by atoms with Crippen LogP contribution in [0.1, 0.15) is 44.6 Å². The van der Waals surface area contributed by atoms with Gasteiger partial charge in [-0.3, -0.25) is 13.9 Å². The predicted molar refractivity (Wildman–Crippen MR) is 145 cm³/mol. The number of amides is 2. The standard InChI is InChI=1S/C25H30Cl3N3O4S/c1-17(25(33)29-21-6-4-3-5-7-21)30(15-18-8-10-19(26)11-9-18)24(32)16-31(36(2,34)35)23-14-20(27)12-13-22(23)28/h8-14,17,21H,3-7,15-16H2,1-2H3,(H,29,33). The van der Waals surface area contributed by atoms with Gasteiger partial charge in [-0.05, 0) is 55.7 Å². The van der Waals surface area contributed by atoms with Gasteiger partial charge in [0.1, 0.15) is 12.6 Å². The first-order valence-corrected chi connectivity index (χ1v) is 14.7. The molecule has 1 fully saturated rings. The van der Waals surface area contributed by atoms with E-state index < -0.39 is 28.5 Å². The fraction of sp³-hybridized carbons (Fsp3) is 0.440. The van der Waals surface area contributed by atoms with E-state index in [0.29, 0.717) is 5.02 Å². The molecule has 2 aromatic rings. The minimum atomic E-state index is -3.91. The van der Waals surface area contributed by atoms with Crippen molar-refractivity contribution in [2.75, 3.05) is 17.1 Å². The second-order valence-corrected chi connectivity index (χ2v) is 12.2. The highest BCUT2D eigenvalue weighted by atomic mass is 35.5.